The third kappa shape index (κ3) is 6.05. The molecular weight excluding hydrogens is 501 g/mol. The van der Waals surface area contributed by atoms with E-state index >= 15 is 0 Å². The Morgan fingerprint density at radius 2 is 2.06 bits per heavy atom. The van der Waals surface area contributed by atoms with Crippen molar-refractivity contribution in [1.29, 1.82) is 0 Å². The first-order chi connectivity index (χ1) is 16.1. The van der Waals surface area contributed by atoms with Gasteiger partial charge in [0.2, 0.25) is 5.88 Å². The molecule has 0 aliphatic carbocycles. The number of amides is 1. The van der Waals surface area contributed by atoms with E-state index in [2.05, 4.69) is 25.2 Å². The van der Waals surface area contributed by atoms with E-state index < -0.39 is 23.6 Å². The third-order valence-electron chi connectivity index (χ3n) is 4.01. The maximum Gasteiger partial charge on any atom is 0.417 e. The van der Waals surface area contributed by atoms with Crippen LogP contribution in [-0.4, -0.2) is 42.5 Å². The highest BCUT2D eigenvalue weighted by Gasteiger charge is 2.32. The van der Waals surface area contributed by atoms with Crippen LogP contribution < -0.4 is 14.8 Å². The Balaban J connectivity index is 1.85. The number of aromatic nitrogens is 1. The summed E-state index contributed by atoms with van der Waals surface area (Å²) in [5.41, 5.74) is -0.708. The minimum Gasteiger partial charge on any atom is -0.493 e. The van der Waals surface area contributed by atoms with Gasteiger partial charge in [-0.3, -0.25) is 10.1 Å². The standard InChI is InChI=1S/C20H14ClF3N4O5S/c1-31-13-5-3-4-10(8-26-28-19-27-17(30)14(34-19)7-15(29)32-2)16(13)33-18-12(21)6-11(9-25-18)20(22,23)24/h3-9H,1-2H3,(H,27,28,30)/b14-7+,26-8?. The highest BCUT2D eigenvalue weighted by atomic mass is 35.5. The first kappa shape index (κ1) is 25.1. The zero-order valence-corrected chi connectivity index (χ0v) is 18.9. The van der Waals surface area contributed by atoms with Crippen LogP contribution >= 0.6 is 23.4 Å². The number of methoxy groups -OCH3 is 2. The van der Waals surface area contributed by atoms with Crippen molar-refractivity contribution in [3.05, 3.63) is 57.6 Å². The number of nitrogens with zero attached hydrogens (tertiary/aromatic N) is 3. The molecule has 1 amide bonds. The molecule has 1 fully saturated rings. The molecule has 2 heterocycles. The molecule has 14 heteroatoms. The second kappa shape index (κ2) is 10.6. The molecule has 0 radical (unpaired) electrons. The van der Waals surface area contributed by atoms with Gasteiger partial charge in [0.15, 0.2) is 16.7 Å². The van der Waals surface area contributed by atoms with Gasteiger partial charge in [-0.25, -0.2) is 9.78 Å². The number of benzene rings is 1. The molecule has 1 saturated heterocycles. The van der Waals surface area contributed by atoms with Gasteiger partial charge in [-0.05, 0) is 30.0 Å². The van der Waals surface area contributed by atoms with E-state index in [1.807, 2.05) is 0 Å². The maximum absolute atomic E-state index is 12.9. The average Bonchev–Trinajstić information content (AvgIpc) is 3.13. The highest BCUT2D eigenvalue weighted by molar-refractivity contribution is 8.18. The number of alkyl halides is 3. The molecule has 34 heavy (non-hydrogen) atoms. The quantitative estimate of drug-likeness (QED) is 0.266. The normalized spacial score (nSPS) is 16.2. The van der Waals surface area contributed by atoms with Crippen LogP contribution in [0, 0.1) is 0 Å². The molecule has 0 atom stereocenters. The van der Waals surface area contributed by atoms with E-state index in [4.69, 9.17) is 21.1 Å². The zero-order chi connectivity index (χ0) is 24.9. The van der Waals surface area contributed by atoms with E-state index in [1.54, 1.807) is 18.2 Å². The summed E-state index contributed by atoms with van der Waals surface area (Å²) in [5.74, 6) is -1.23. The van der Waals surface area contributed by atoms with Gasteiger partial charge >= 0.3 is 12.1 Å². The van der Waals surface area contributed by atoms with Gasteiger partial charge in [-0.1, -0.05) is 17.7 Å². The molecule has 3 rings (SSSR count). The number of carbonyl (C=O) groups excluding carboxylic acids is 2. The Labute approximate surface area is 199 Å². The molecule has 2 aromatic rings. The van der Waals surface area contributed by atoms with Gasteiger partial charge in [-0.2, -0.15) is 18.3 Å². The fourth-order valence-electron chi connectivity index (χ4n) is 2.44. The second-order valence-electron chi connectivity index (χ2n) is 6.23. The van der Waals surface area contributed by atoms with Crippen molar-refractivity contribution in [2.75, 3.05) is 14.2 Å². The number of hydrogen-bond acceptors (Lipinski definition) is 9. The van der Waals surface area contributed by atoms with Crippen LogP contribution in [0.25, 0.3) is 0 Å². The molecule has 1 aromatic carbocycles. The smallest absolute Gasteiger partial charge is 0.417 e. The van der Waals surface area contributed by atoms with Gasteiger partial charge in [0.1, 0.15) is 5.02 Å². The number of para-hydroxylation sites is 1. The molecule has 0 spiro atoms. The fourth-order valence-corrected chi connectivity index (χ4v) is 3.39. The van der Waals surface area contributed by atoms with Gasteiger partial charge in [0.05, 0.1) is 30.9 Å². The monoisotopic (exact) mass is 514 g/mol. The predicted octanol–water partition coefficient (Wildman–Crippen LogP) is 4.16. The summed E-state index contributed by atoms with van der Waals surface area (Å²) < 4.78 is 53.9. The summed E-state index contributed by atoms with van der Waals surface area (Å²) >= 11 is 6.81. The number of nitrogens with one attached hydrogen (secondary N) is 1. The molecule has 1 N–H and O–H groups in total. The zero-order valence-electron chi connectivity index (χ0n) is 17.3. The number of esters is 1. The van der Waals surface area contributed by atoms with E-state index in [0.717, 1.165) is 17.8 Å². The highest BCUT2D eigenvalue weighted by Crippen LogP contribution is 2.38. The Bertz CT molecular complexity index is 1220. The number of amidine groups is 1. The molecule has 178 valence electrons. The first-order valence-corrected chi connectivity index (χ1v) is 10.3. The number of pyridine rings is 1. The third-order valence-corrected chi connectivity index (χ3v) is 5.18. The van der Waals surface area contributed by atoms with Crippen molar-refractivity contribution in [3.63, 3.8) is 0 Å². The summed E-state index contributed by atoms with van der Waals surface area (Å²) in [7, 11) is 2.54. The Hall–Kier alpha value is -3.58. The number of halogens is 4. The summed E-state index contributed by atoms with van der Waals surface area (Å²) in [6.07, 6.45) is -1.75. The molecule has 1 aliphatic heterocycles. The minimum atomic E-state index is -4.61. The maximum atomic E-state index is 12.9. The van der Waals surface area contributed by atoms with Gasteiger partial charge in [-0.15, -0.1) is 5.10 Å². The van der Waals surface area contributed by atoms with E-state index in [1.165, 1.54) is 20.4 Å². The van der Waals surface area contributed by atoms with Crippen LogP contribution in [0.2, 0.25) is 5.02 Å². The Kier molecular flexibility index (Phi) is 7.79. The number of rotatable bonds is 6. The molecule has 1 aliphatic rings. The van der Waals surface area contributed by atoms with Crippen LogP contribution in [0.4, 0.5) is 13.2 Å². The number of carbonyl (C=O) groups is 2. The van der Waals surface area contributed by atoms with Crippen molar-refractivity contribution in [1.82, 2.24) is 10.3 Å². The number of thioether (sulfide) groups is 1. The summed E-state index contributed by atoms with van der Waals surface area (Å²) in [6, 6.07) is 5.43. The fraction of sp³-hybridized carbons (Fsp3) is 0.150. The molecular formula is C20H14ClF3N4O5S. The predicted molar refractivity (Wildman–Crippen MR) is 118 cm³/mol. The number of hydrogen-bond donors (Lipinski definition) is 1. The van der Waals surface area contributed by atoms with Crippen molar-refractivity contribution in [2.45, 2.75) is 6.18 Å². The van der Waals surface area contributed by atoms with Crippen LogP contribution in [0.15, 0.2) is 51.6 Å². The Morgan fingerprint density at radius 1 is 1.29 bits per heavy atom. The summed E-state index contributed by atoms with van der Waals surface area (Å²) in [6.45, 7) is 0. The van der Waals surface area contributed by atoms with Crippen molar-refractivity contribution in [2.24, 2.45) is 10.2 Å². The lowest BCUT2D eigenvalue weighted by Crippen LogP contribution is -2.19. The minimum absolute atomic E-state index is 0.0671. The van der Waals surface area contributed by atoms with E-state index in [0.29, 0.717) is 17.8 Å². The lowest BCUT2D eigenvalue weighted by molar-refractivity contribution is -0.138. The largest absolute Gasteiger partial charge is 0.493 e. The van der Waals surface area contributed by atoms with Gasteiger partial charge in [0.25, 0.3) is 5.91 Å². The van der Waals surface area contributed by atoms with Crippen LogP contribution in [0.5, 0.6) is 17.4 Å². The van der Waals surface area contributed by atoms with Crippen LogP contribution in [0.1, 0.15) is 11.1 Å². The molecule has 0 bridgehead atoms. The van der Waals surface area contributed by atoms with E-state index in [-0.39, 0.29) is 32.5 Å². The molecule has 0 saturated carbocycles. The lowest BCUT2D eigenvalue weighted by Gasteiger charge is -2.14. The van der Waals surface area contributed by atoms with Gasteiger partial charge in [0, 0.05) is 17.8 Å². The number of ether oxygens (including phenoxy) is 3. The Morgan fingerprint density at radius 3 is 2.71 bits per heavy atom. The molecule has 1 aromatic heterocycles. The second-order valence-corrected chi connectivity index (χ2v) is 7.66. The first-order valence-electron chi connectivity index (χ1n) is 9.10. The summed E-state index contributed by atoms with van der Waals surface area (Å²) in [5, 5.41) is 9.93. The average molecular weight is 515 g/mol. The molecule has 9 nitrogen and oxygen atoms in total. The van der Waals surface area contributed by atoms with Crippen LogP contribution in [-0.2, 0) is 20.5 Å². The topological polar surface area (TPSA) is 111 Å². The lowest BCUT2D eigenvalue weighted by atomic mass is 10.2. The van der Waals surface area contributed by atoms with Crippen molar-refractivity contribution < 1.29 is 37.0 Å². The van der Waals surface area contributed by atoms with Gasteiger partial charge < -0.3 is 14.2 Å². The summed E-state index contributed by atoms with van der Waals surface area (Å²) in [4.78, 5) is 26.9. The van der Waals surface area contributed by atoms with Crippen molar-refractivity contribution in [3.8, 4) is 17.4 Å². The van der Waals surface area contributed by atoms with Crippen molar-refractivity contribution >= 4 is 46.6 Å². The van der Waals surface area contributed by atoms with E-state index in [9.17, 15) is 22.8 Å². The SMILES string of the molecule is COC(=O)/C=C1/S/C(=N\N=Cc2cccc(OC)c2Oc2ncc(C(F)(F)F)cc2Cl)NC1=O. The molecule has 0 unspecified atom stereocenters. The van der Waals surface area contributed by atoms with Crippen LogP contribution in [0.3, 0.4) is 0 Å².